The van der Waals surface area contributed by atoms with E-state index in [1.807, 2.05) is 18.4 Å². The van der Waals surface area contributed by atoms with Gasteiger partial charge in [-0.05, 0) is 30.7 Å². The van der Waals surface area contributed by atoms with Crippen molar-refractivity contribution < 1.29 is 0 Å². The van der Waals surface area contributed by atoms with E-state index in [0.717, 1.165) is 25.5 Å². The molecule has 122 valence electrons. The van der Waals surface area contributed by atoms with Crippen LogP contribution in [-0.4, -0.2) is 29.5 Å². The zero-order valence-corrected chi connectivity index (χ0v) is 16.8. The van der Waals surface area contributed by atoms with Crippen molar-refractivity contribution in [2.24, 2.45) is 12.0 Å². The Hall–Kier alpha value is -1.02. The van der Waals surface area contributed by atoms with Crippen LogP contribution >= 0.6 is 35.3 Å². The van der Waals surface area contributed by atoms with E-state index in [4.69, 9.17) is 0 Å². The number of hydrogen-bond acceptors (Lipinski definition) is 2. The number of rotatable bonds is 5. The summed E-state index contributed by atoms with van der Waals surface area (Å²) in [6.45, 7) is 3.86. The number of halogens is 1. The lowest BCUT2D eigenvalue weighted by molar-refractivity contribution is 0.462. The van der Waals surface area contributed by atoms with Crippen LogP contribution < -0.4 is 5.32 Å². The second kappa shape index (κ2) is 9.19. The maximum absolute atomic E-state index is 4.37. The van der Waals surface area contributed by atoms with Gasteiger partial charge in [-0.1, -0.05) is 6.92 Å². The number of aliphatic imine (C=N–C) groups is 1. The van der Waals surface area contributed by atoms with E-state index in [0.29, 0.717) is 0 Å². The Morgan fingerprint density at radius 1 is 1.32 bits per heavy atom. The maximum atomic E-state index is 4.37. The molecule has 2 rings (SSSR count). The van der Waals surface area contributed by atoms with Gasteiger partial charge >= 0.3 is 0 Å². The van der Waals surface area contributed by atoms with Crippen molar-refractivity contribution in [3.63, 3.8) is 0 Å². The zero-order chi connectivity index (χ0) is 15.2. The van der Waals surface area contributed by atoms with Gasteiger partial charge < -0.3 is 14.8 Å². The minimum absolute atomic E-state index is 0. The van der Waals surface area contributed by atoms with Crippen molar-refractivity contribution in [2.75, 3.05) is 14.1 Å². The maximum Gasteiger partial charge on any atom is 0.194 e. The largest absolute Gasteiger partial charge is 0.353 e. The number of guanidine groups is 1. The van der Waals surface area contributed by atoms with Gasteiger partial charge in [-0.3, -0.25) is 4.99 Å². The van der Waals surface area contributed by atoms with E-state index in [1.165, 1.54) is 15.4 Å². The summed E-state index contributed by atoms with van der Waals surface area (Å²) in [6.07, 6.45) is 3.17. The first kappa shape index (κ1) is 19.0. The van der Waals surface area contributed by atoms with Crippen LogP contribution in [0.15, 0.2) is 35.5 Å². The van der Waals surface area contributed by atoms with Gasteiger partial charge in [0.05, 0.1) is 13.1 Å². The first-order valence-corrected chi connectivity index (χ1v) is 8.05. The molecule has 2 heterocycles. The third-order valence-electron chi connectivity index (χ3n) is 3.51. The Morgan fingerprint density at radius 3 is 2.59 bits per heavy atom. The lowest BCUT2D eigenvalue weighted by atomic mass is 10.3. The van der Waals surface area contributed by atoms with Crippen molar-refractivity contribution in [3.8, 4) is 0 Å². The monoisotopic (exact) mass is 432 g/mol. The number of nitrogens with zero attached hydrogens (tertiary/aromatic N) is 3. The molecule has 0 radical (unpaired) electrons. The molecule has 0 bridgehead atoms. The Morgan fingerprint density at radius 2 is 2.05 bits per heavy atom. The molecule has 0 aliphatic rings. The fraction of sp³-hybridized carbons (Fsp3) is 0.438. The van der Waals surface area contributed by atoms with Crippen LogP contribution in [0.25, 0.3) is 0 Å². The second-order valence-electron chi connectivity index (χ2n) is 5.09. The van der Waals surface area contributed by atoms with Gasteiger partial charge in [-0.25, -0.2) is 0 Å². The van der Waals surface area contributed by atoms with E-state index in [1.54, 1.807) is 0 Å². The fourth-order valence-corrected chi connectivity index (χ4v) is 3.13. The highest BCUT2D eigenvalue weighted by molar-refractivity contribution is 14.0. The van der Waals surface area contributed by atoms with E-state index < -0.39 is 0 Å². The predicted molar refractivity (Wildman–Crippen MR) is 106 cm³/mol. The average Bonchev–Trinajstić information content (AvgIpc) is 3.09. The molecule has 2 aromatic heterocycles. The Labute approximate surface area is 154 Å². The number of aryl methyl sites for hydroxylation is 2. The molecule has 0 aliphatic heterocycles. The summed E-state index contributed by atoms with van der Waals surface area (Å²) in [5.74, 6) is 0.919. The van der Waals surface area contributed by atoms with Crippen LogP contribution in [0.1, 0.15) is 22.4 Å². The van der Waals surface area contributed by atoms with Crippen molar-refractivity contribution in [1.82, 2.24) is 14.8 Å². The number of hydrogen-bond donors (Lipinski definition) is 1. The van der Waals surface area contributed by atoms with E-state index >= 15 is 0 Å². The van der Waals surface area contributed by atoms with Crippen molar-refractivity contribution in [3.05, 3.63) is 45.9 Å². The molecule has 0 spiro atoms. The average molecular weight is 432 g/mol. The molecule has 4 nitrogen and oxygen atoms in total. The molecule has 0 aromatic carbocycles. The van der Waals surface area contributed by atoms with E-state index in [2.05, 4.69) is 71.3 Å². The van der Waals surface area contributed by atoms with Crippen LogP contribution in [0.5, 0.6) is 0 Å². The Balaban J connectivity index is 0.00000242. The molecule has 0 aliphatic carbocycles. The van der Waals surface area contributed by atoms with E-state index in [9.17, 15) is 0 Å². The lowest BCUT2D eigenvalue weighted by Gasteiger charge is -2.22. The molecule has 22 heavy (non-hydrogen) atoms. The van der Waals surface area contributed by atoms with Crippen LogP contribution in [0, 0.1) is 0 Å². The zero-order valence-electron chi connectivity index (χ0n) is 13.7. The SMILES string of the molecule is CCc1ccc(CNC(=NC)N(C)Cc2cccn2C)s1.I. The summed E-state index contributed by atoms with van der Waals surface area (Å²) in [4.78, 5) is 9.29. The topological polar surface area (TPSA) is 32.6 Å². The number of thiophene rings is 1. The number of aromatic nitrogens is 1. The predicted octanol–water partition coefficient (Wildman–Crippen LogP) is 3.47. The molecule has 0 amide bonds. The fourth-order valence-electron chi connectivity index (χ4n) is 2.24. The molecular weight excluding hydrogens is 407 g/mol. The molecule has 0 atom stereocenters. The van der Waals surface area contributed by atoms with Gasteiger partial charge in [-0.2, -0.15) is 0 Å². The first-order valence-electron chi connectivity index (χ1n) is 7.23. The van der Waals surface area contributed by atoms with Gasteiger partial charge in [0, 0.05) is 42.8 Å². The second-order valence-corrected chi connectivity index (χ2v) is 6.34. The standard InChI is InChI=1S/C16H24N4S.HI/c1-5-14-8-9-15(21-14)11-18-16(17-2)20(4)12-13-7-6-10-19(13)3;/h6-10H,5,11-12H2,1-4H3,(H,17,18);1H. The van der Waals surface area contributed by atoms with Crippen LogP contribution in [-0.2, 0) is 26.6 Å². The summed E-state index contributed by atoms with van der Waals surface area (Å²) in [6, 6.07) is 8.60. The summed E-state index contributed by atoms with van der Waals surface area (Å²) in [5, 5.41) is 3.43. The van der Waals surface area contributed by atoms with Crippen molar-refractivity contribution in [2.45, 2.75) is 26.4 Å². The highest BCUT2D eigenvalue weighted by atomic mass is 127. The van der Waals surface area contributed by atoms with Crippen LogP contribution in [0.2, 0.25) is 0 Å². The molecule has 0 saturated heterocycles. The highest BCUT2D eigenvalue weighted by Crippen LogP contribution is 2.16. The van der Waals surface area contributed by atoms with Gasteiger partial charge in [-0.15, -0.1) is 35.3 Å². The third-order valence-corrected chi connectivity index (χ3v) is 4.74. The Kier molecular flexibility index (Phi) is 7.95. The van der Waals surface area contributed by atoms with Gasteiger partial charge in [0.1, 0.15) is 0 Å². The van der Waals surface area contributed by atoms with Crippen molar-refractivity contribution in [1.29, 1.82) is 0 Å². The van der Waals surface area contributed by atoms with Crippen molar-refractivity contribution >= 4 is 41.3 Å². The molecule has 2 aromatic rings. The van der Waals surface area contributed by atoms with Gasteiger partial charge in [0.25, 0.3) is 0 Å². The quantitative estimate of drug-likeness (QED) is 0.446. The molecular formula is C16H25IN4S. The summed E-state index contributed by atoms with van der Waals surface area (Å²) < 4.78 is 2.14. The van der Waals surface area contributed by atoms with Crippen LogP contribution in [0.3, 0.4) is 0 Å². The Bertz CT molecular complexity index is 603. The van der Waals surface area contributed by atoms with Gasteiger partial charge in [0.15, 0.2) is 5.96 Å². The van der Waals surface area contributed by atoms with Gasteiger partial charge in [0.2, 0.25) is 0 Å². The molecule has 0 fully saturated rings. The summed E-state index contributed by atoms with van der Waals surface area (Å²) >= 11 is 1.86. The molecule has 1 N–H and O–H groups in total. The normalized spacial score (nSPS) is 11.2. The molecule has 0 saturated carbocycles. The minimum Gasteiger partial charge on any atom is -0.353 e. The molecule has 6 heteroatoms. The number of nitrogens with one attached hydrogen (secondary N) is 1. The smallest absolute Gasteiger partial charge is 0.194 e. The summed E-state index contributed by atoms with van der Waals surface area (Å²) in [5.41, 5.74) is 1.27. The first-order chi connectivity index (χ1) is 10.1. The van der Waals surface area contributed by atoms with E-state index in [-0.39, 0.29) is 24.0 Å². The molecule has 0 unspecified atom stereocenters. The van der Waals surface area contributed by atoms with Crippen LogP contribution in [0.4, 0.5) is 0 Å². The minimum atomic E-state index is 0. The lowest BCUT2D eigenvalue weighted by Crippen LogP contribution is -2.38. The third kappa shape index (κ3) is 5.01. The summed E-state index contributed by atoms with van der Waals surface area (Å²) in [7, 11) is 5.96. The highest BCUT2D eigenvalue weighted by Gasteiger charge is 2.08.